The van der Waals surface area contributed by atoms with E-state index >= 15 is 0 Å². The quantitative estimate of drug-likeness (QED) is 0.671. The fourth-order valence-corrected chi connectivity index (χ4v) is 3.40. The van der Waals surface area contributed by atoms with Crippen LogP contribution in [0.3, 0.4) is 0 Å². The summed E-state index contributed by atoms with van der Waals surface area (Å²) in [5.41, 5.74) is 4.02. The molecule has 132 valence electrons. The van der Waals surface area contributed by atoms with Crippen LogP contribution in [0.2, 0.25) is 5.02 Å². The van der Waals surface area contributed by atoms with Gasteiger partial charge in [-0.15, -0.1) is 0 Å². The SMILES string of the molecule is Cc1cc(N2CCCc3ccccc32)nc(Nc2ccc(F)c(Cl)c2)n1. The van der Waals surface area contributed by atoms with Crippen LogP contribution in [0.1, 0.15) is 17.7 Å². The summed E-state index contributed by atoms with van der Waals surface area (Å²) >= 11 is 5.86. The average Bonchev–Trinajstić information content (AvgIpc) is 2.64. The minimum absolute atomic E-state index is 0.0628. The van der Waals surface area contributed by atoms with Crippen LogP contribution < -0.4 is 10.2 Å². The zero-order chi connectivity index (χ0) is 18.1. The maximum atomic E-state index is 13.4. The van der Waals surface area contributed by atoms with Gasteiger partial charge in [0.1, 0.15) is 11.6 Å². The van der Waals surface area contributed by atoms with Gasteiger partial charge in [-0.25, -0.2) is 9.37 Å². The molecule has 0 saturated heterocycles. The highest BCUT2D eigenvalue weighted by Crippen LogP contribution is 2.33. The van der Waals surface area contributed by atoms with Gasteiger partial charge in [-0.1, -0.05) is 29.8 Å². The first kappa shape index (κ1) is 16.8. The van der Waals surface area contributed by atoms with Crippen molar-refractivity contribution in [1.82, 2.24) is 9.97 Å². The number of rotatable bonds is 3. The minimum atomic E-state index is -0.451. The van der Waals surface area contributed by atoms with Crippen molar-refractivity contribution in [3.05, 3.63) is 70.6 Å². The monoisotopic (exact) mass is 368 g/mol. The third kappa shape index (κ3) is 3.35. The van der Waals surface area contributed by atoms with Gasteiger partial charge in [-0.3, -0.25) is 0 Å². The Morgan fingerprint density at radius 3 is 2.81 bits per heavy atom. The Bertz CT molecular complexity index is 960. The summed E-state index contributed by atoms with van der Waals surface area (Å²) in [4.78, 5) is 11.3. The number of nitrogens with one attached hydrogen (secondary N) is 1. The molecule has 26 heavy (non-hydrogen) atoms. The second kappa shape index (κ2) is 6.92. The number of hydrogen-bond acceptors (Lipinski definition) is 4. The lowest BCUT2D eigenvalue weighted by molar-refractivity contribution is 0.628. The van der Waals surface area contributed by atoms with Crippen molar-refractivity contribution >= 4 is 34.7 Å². The van der Waals surface area contributed by atoms with Gasteiger partial charge in [-0.05, 0) is 49.6 Å². The molecule has 6 heteroatoms. The maximum absolute atomic E-state index is 13.4. The number of aromatic nitrogens is 2. The molecule has 0 radical (unpaired) electrons. The van der Waals surface area contributed by atoms with Crippen molar-refractivity contribution in [3.8, 4) is 0 Å². The number of para-hydroxylation sites is 1. The molecular formula is C20H18ClFN4. The summed E-state index contributed by atoms with van der Waals surface area (Å²) in [6, 6.07) is 14.8. The molecule has 4 rings (SSSR count). The van der Waals surface area contributed by atoms with Crippen molar-refractivity contribution in [3.63, 3.8) is 0 Å². The molecule has 4 nitrogen and oxygen atoms in total. The zero-order valence-corrected chi connectivity index (χ0v) is 15.1. The number of hydrogen-bond donors (Lipinski definition) is 1. The van der Waals surface area contributed by atoms with Crippen LogP contribution >= 0.6 is 11.6 Å². The molecule has 0 amide bonds. The Morgan fingerprint density at radius 2 is 1.96 bits per heavy atom. The van der Waals surface area contributed by atoms with Gasteiger partial charge in [0.05, 0.1) is 5.02 Å². The highest BCUT2D eigenvalue weighted by Gasteiger charge is 2.19. The van der Waals surface area contributed by atoms with E-state index in [1.165, 1.54) is 23.4 Å². The third-order valence-electron chi connectivity index (χ3n) is 4.40. The van der Waals surface area contributed by atoms with Gasteiger partial charge < -0.3 is 10.2 Å². The van der Waals surface area contributed by atoms with E-state index in [4.69, 9.17) is 11.6 Å². The molecule has 0 fully saturated rings. The zero-order valence-electron chi connectivity index (χ0n) is 14.3. The van der Waals surface area contributed by atoms with Gasteiger partial charge in [0, 0.05) is 29.7 Å². The van der Waals surface area contributed by atoms with Crippen molar-refractivity contribution in [1.29, 1.82) is 0 Å². The predicted octanol–water partition coefficient (Wildman–Crippen LogP) is 5.41. The number of benzene rings is 2. The third-order valence-corrected chi connectivity index (χ3v) is 4.69. The molecule has 0 saturated carbocycles. The summed E-state index contributed by atoms with van der Waals surface area (Å²) in [5, 5.41) is 3.18. The lowest BCUT2D eigenvalue weighted by atomic mass is 10.0. The molecule has 3 aromatic rings. The highest BCUT2D eigenvalue weighted by molar-refractivity contribution is 6.31. The molecule has 1 aliphatic heterocycles. The normalized spacial score (nSPS) is 13.4. The second-order valence-corrected chi connectivity index (χ2v) is 6.74. The van der Waals surface area contributed by atoms with E-state index in [0.29, 0.717) is 11.6 Å². The molecule has 0 unspecified atom stereocenters. The van der Waals surface area contributed by atoms with Crippen LogP contribution in [-0.4, -0.2) is 16.5 Å². The number of anilines is 4. The van der Waals surface area contributed by atoms with E-state index in [0.717, 1.165) is 30.9 Å². The summed E-state index contributed by atoms with van der Waals surface area (Å²) in [6.45, 7) is 2.85. The van der Waals surface area contributed by atoms with E-state index < -0.39 is 5.82 Å². The molecule has 1 aromatic heterocycles. The Morgan fingerprint density at radius 1 is 1.12 bits per heavy atom. The minimum Gasteiger partial charge on any atom is -0.326 e. The summed E-state index contributed by atoms with van der Waals surface area (Å²) in [7, 11) is 0. The molecule has 2 heterocycles. The van der Waals surface area contributed by atoms with Crippen LogP contribution in [0.5, 0.6) is 0 Å². The lowest BCUT2D eigenvalue weighted by Gasteiger charge is -2.30. The fourth-order valence-electron chi connectivity index (χ4n) is 3.22. The number of aryl methyl sites for hydroxylation is 2. The first-order valence-electron chi connectivity index (χ1n) is 8.53. The average molecular weight is 369 g/mol. The number of nitrogens with zero attached hydrogens (tertiary/aromatic N) is 3. The molecule has 0 spiro atoms. The van der Waals surface area contributed by atoms with Crippen LogP contribution in [0.4, 0.5) is 27.5 Å². The largest absolute Gasteiger partial charge is 0.326 e. The topological polar surface area (TPSA) is 41.1 Å². The van der Waals surface area contributed by atoms with E-state index in [1.807, 2.05) is 19.1 Å². The van der Waals surface area contributed by atoms with E-state index in [-0.39, 0.29) is 5.02 Å². The van der Waals surface area contributed by atoms with Crippen LogP contribution in [-0.2, 0) is 6.42 Å². The van der Waals surface area contributed by atoms with Crippen molar-refractivity contribution in [2.45, 2.75) is 19.8 Å². The van der Waals surface area contributed by atoms with Gasteiger partial charge in [0.25, 0.3) is 0 Å². The summed E-state index contributed by atoms with van der Waals surface area (Å²) in [5.74, 6) is 0.860. The molecule has 0 atom stereocenters. The van der Waals surface area contributed by atoms with Gasteiger partial charge in [-0.2, -0.15) is 4.98 Å². The van der Waals surface area contributed by atoms with Gasteiger partial charge in [0.2, 0.25) is 5.95 Å². The maximum Gasteiger partial charge on any atom is 0.229 e. The Hall–Kier alpha value is -2.66. The molecule has 2 aromatic carbocycles. The smallest absolute Gasteiger partial charge is 0.229 e. The second-order valence-electron chi connectivity index (χ2n) is 6.33. The first-order valence-corrected chi connectivity index (χ1v) is 8.91. The molecule has 0 bridgehead atoms. The van der Waals surface area contributed by atoms with E-state index in [2.05, 4.69) is 38.4 Å². The molecule has 1 N–H and O–H groups in total. The van der Waals surface area contributed by atoms with E-state index in [1.54, 1.807) is 6.07 Å². The van der Waals surface area contributed by atoms with Crippen molar-refractivity contribution < 1.29 is 4.39 Å². The standard InChI is InChI=1S/C20H18ClFN4/c1-13-11-19(26-10-4-6-14-5-2-3-7-18(14)26)25-20(23-13)24-15-8-9-17(22)16(21)12-15/h2-3,5,7-9,11-12H,4,6,10H2,1H3,(H,23,24,25). The Labute approximate surface area is 156 Å². The fraction of sp³-hybridized carbons (Fsp3) is 0.200. The number of fused-ring (bicyclic) bond motifs is 1. The highest BCUT2D eigenvalue weighted by atomic mass is 35.5. The predicted molar refractivity (Wildman–Crippen MR) is 103 cm³/mol. The molecule has 0 aliphatic carbocycles. The van der Waals surface area contributed by atoms with E-state index in [9.17, 15) is 4.39 Å². The van der Waals surface area contributed by atoms with Crippen molar-refractivity contribution in [2.24, 2.45) is 0 Å². The molecule has 1 aliphatic rings. The summed E-state index contributed by atoms with van der Waals surface area (Å²) < 4.78 is 13.4. The Balaban J connectivity index is 1.68. The first-order chi connectivity index (χ1) is 12.6. The summed E-state index contributed by atoms with van der Waals surface area (Å²) in [6.07, 6.45) is 2.16. The van der Waals surface area contributed by atoms with Crippen LogP contribution in [0.25, 0.3) is 0 Å². The van der Waals surface area contributed by atoms with Gasteiger partial charge in [0.15, 0.2) is 0 Å². The van der Waals surface area contributed by atoms with Crippen LogP contribution in [0, 0.1) is 12.7 Å². The Kier molecular flexibility index (Phi) is 4.47. The van der Waals surface area contributed by atoms with Gasteiger partial charge >= 0.3 is 0 Å². The lowest BCUT2D eigenvalue weighted by Crippen LogP contribution is -2.25. The molecular weight excluding hydrogens is 351 g/mol. The van der Waals surface area contributed by atoms with Crippen molar-refractivity contribution in [2.75, 3.05) is 16.8 Å². The number of halogens is 2. The van der Waals surface area contributed by atoms with Crippen LogP contribution in [0.15, 0.2) is 48.5 Å².